The minimum Gasteiger partial charge on any atom is -0.303 e. The van der Waals surface area contributed by atoms with Crippen LogP contribution in [0.2, 0.25) is 0 Å². The van der Waals surface area contributed by atoms with Crippen LogP contribution >= 0.6 is 0 Å². The highest BCUT2D eigenvalue weighted by molar-refractivity contribution is 5.62. The molecule has 2 unspecified atom stereocenters. The van der Waals surface area contributed by atoms with Gasteiger partial charge in [-0.3, -0.25) is 0 Å². The van der Waals surface area contributed by atoms with Crippen LogP contribution in [0.1, 0.15) is 0 Å². The topological polar surface area (TPSA) is 17.1 Å². The van der Waals surface area contributed by atoms with Gasteiger partial charge in [0.25, 0.3) is 5.92 Å². The third-order valence-corrected chi connectivity index (χ3v) is 1.57. The number of hydrogen-bond donors (Lipinski definition) is 0. The molecule has 0 N–H and O–H groups in total. The molecular formula is C6H6F2O. The van der Waals surface area contributed by atoms with E-state index in [2.05, 4.69) is 6.58 Å². The van der Waals surface area contributed by atoms with Crippen LogP contribution in [0.5, 0.6) is 0 Å². The maximum absolute atomic E-state index is 12.2. The van der Waals surface area contributed by atoms with Gasteiger partial charge in [0.15, 0.2) is 0 Å². The summed E-state index contributed by atoms with van der Waals surface area (Å²) in [5.41, 5.74) is 0. The Balaban J connectivity index is 2.64. The molecule has 0 radical (unpaired) electrons. The van der Waals surface area contributed by atoms with Gasteiger partial charge in [0, 0.05) is 0 Å². The van der Waals surface area contributed by atoms with E-state index in [1.54, 1.807) is 0 Å². The molecule has 0 bridgehead atoms. The number of rotatable bonds is 2. The summed E-state index contributed by atoms with van der Waals surface area (Å²) in [6.45, 7) is 3.18. The summed E-state index contributed by atoms with van der Waals surface area (Å²) in [4.78, 5) is 9.82. The molecule has 9 heavy (non-hydrogen) atoms. The van der Waals surface area contributed by atoms with E-state index in [0.717, 1.165) is 6.08 Å². The first-order chi connectivity index (χ1) is 4.14. The quantitative estimate of drug-likeness (QED) is 0.408. The Morgan fingerprint density at radius 1 is 1.44 bits per heavy atom. The SMILES string of the molecule is C=CC1C(C=O)C1(F)F. The maximum atomic E-state index is 12.2. The molecule has 1 aliphatic rings. The molecule has 0 aliphatic heterocycles. The van der Waals surface area contributed by atoms with Crippen molar-refractivity contribution in [2.75, 3.05) is 0 Å². The van der Waals surface area contributed by atoms with E-state index >= 15 is 0 Å². The van der Waals surface area contributed by atoms with Crippen LogP contribution in [0, 0.1) is 11.8 Å². The van der Waals surface area contributed by atoms with Gasteiger partial charge in [-0.05, 0) is 0 Å². The predicted octanol–water partition coefficient (Wildman–Crippen LogP) is 1.25. The number of halogens is 2. The minimum atomic E-state index is -2.80. The highest BCUT2D eigenvalue weighted by Crippen LogP contribution is 2.54. The highest BCUT2D eigenvalue weighted by atomic mass is 19.3. The summed E-state index contributed by atoms with van der Waals surface area (Å²) in [6, 6.07) is 0. The van der Waals surface area contributed by atoms with Gasteiger partial charge in [0.05, 0.1) is 11.8 Å². The van der Waals surface area contributed by atoms with E-state index in [-0.39, 0.29) is 6.29 Å². The van der Waals surface area contributed by atoms with Crippen molar-refractivity contribution in [2.24, 2.45) is 11.8 Å². The molecule has 1 saturated carbocycles. The fraction of sp³-hybridized carbons (Fsp3) is 0.500. The normalized spacial score (nSPS) is 37.6. The Bertz CT molecular complexity index is 137. The van der Waals surface area contributed by atoms with E-state index < -0.39 is 17.8 Å². The largest absolute Gasteiger partial charge is 0.303 e. The molecule has 1 rings (SSSR count). The summed E-state index contributed by atoms with van der Waals surface area (Å²) < 4.78 is 24.3. The van der Waals surface area contributed by atoms with Crippen molar-refractivity contribution < 1.29 is 13.6 Å². The molecule has 0 heterocycles. The lowest BCUT2D eigenvalue weighted by molar-refractivity contribution is -0.110. The van der Waals surface area contributed by atoms with Crippen molar-refractivity contribution in [3.63, 3.8) is 0 Å². The molecule has 0 spiro atoms. The van der Waals surface area contributed by atoms with Crippen LogP contribution in [0.3, 0.4) is 0 Å². The summed E-state index contributed by atoms with van der Waals surface area (Å²) in [6.07, 6.45) is 1.41. The first kappa shape index (κ1) is 6.39. The van der Waals surface area contributed by atoms with Crippen LogP contribution in [0.4, 0.5) is 8.78 Å². The van der Waals surface area contributed by atoms with E-state index in [9.17, 15) is 13.6 Å². The second-order valence-electron chi connectivity index (χ2n) is 2.10. The second kappa shape index (κ2) is 1.62. The molecule has 0 aromatic rings. The van der Waals surface area contributed by atoms with Gasteiger partial charge < -0.3 is 4.79 Å². The van der Waals surface area contributed by atoms with E-state index in [1.807, 2.05) is 0 Å². The van der Waals surface area contributed by atoms with Crippen molar-refractivity contribution >= 4 is 6.29 Å². The Kier molecular flexibility index (Phi) is 1.15. The van der Waals surface area contributed by atoms with Crippen molar-refractivity contribution in [3.8, 4) is 0 Å². The number of aldehydes is 1. The minimum absolute atomic E-state index is 0.284. The molecule has 0 saturated heterocycles. The standard InChI is InChI=1S/C6H6F2O/c1-2-4-5(3-9)6(4,7)8/h2-5H,1H2. The van der Waals surface area contributed by atoms with Gasteiger partial charge in [0.1, 0.15) is 6.29 Å². The molecule has 1 nitrogen and oxygen atoms in total. The lowest BCUT2D eigenvalue weighted by atomic mass is 10.3. The zero-order valence-electron chi connectivity index (χ0n) is 4.68. The van der Waals surface area contributed by atoms with Gasteiger partial charge in [-0.2, -0.15) is 0 Å². The third-order valence-electron chi connectivity index (χ3n) is 1.57. The number of alkyl halides is 2. The second-order valence-corrected chi connectivity index (χ2v) is 2.10. The fourth-order valence-corrected chi connectivity index (χ4v) is 0.854. The van der Waals surface area contributed by atoms with E-state index in [4.69, 9.17) is 0 Å². The van der Waals surface area contributed by atoms with Crippen molar-refractivity contribution in [3.05, 3.63) is 12.7 Å². The van der Waals surface area contributed by atoms with Crippen LogP contribution in [-0.2, 0) is 4.79 Å². The summed E-state index contributed by atoms with van der Waals surface area (Å²) in [7, 11) is 0. The van der Waals surface area contributed by atoms with Crippen LogP contribution in [0.25, 0.3) is 0 Å². The molecule has 1 aliphatic carbocycles. The van der Waals surface area contributed by atoms with Gasteiger partial charge in [-0.15, -0.1) is 6.58 Å². The monoisotopic (exact) mass is 132 g/mol. The van der Waals surface area contributed by atoms with Crippen LogP contribution < -0.4 is 0 Å². The molecule has 0 amide bonds. The molecule has 2 atom stereocenters. The van der Waals surface area contributed by atoms with E-state index in [1.165, 1.54) is 0 Å². The average Bonchev–Trinajstić information content (AvgIpc) is 2.32. The molecule has 3 heteroatoms. The fourth-order valence-electron chi connectivity index (χ4n) is 0.854. The Morgan fingerprint density at radius 3 is 2.11 bits per heavy atom. The number of allylic oxidation sites excluding steroid dienone is 1. The predicted molar refractivity (Wildman–Crippen MR) is 28.2 cm³/mol. The smallest absolute Gasteiger partial charge is 0.265 e. The zero-order chi connectivity index (χ0) is 7.07. The zero-order valence-corrected chi connectivity index (χ0v) is 4.68. The molecule has 1 fully saturated rings. The number of hydrogen-bond acceptors (Lipinski definition) is 1. The molecule has 0 aromatic heterocycles. The van der Waals surface area contributed by atoms with Gasteiger partial charge in [-0.25, -0.2) is 8.78 Å². The van der Waals surface area contributed by atoms with Gasteiger partial charge in [0.2, 0.25) is 0 Å². The summed E-state index contributed by atoms with van der Waals surface area (Å²) in [5, 5.41) is 0. The Hall–Kier alpha value is -0.730. The highest BCUT2D eigenvalue weighted by Gasteiger charge is 2.66. The third kappa shape index (κ3) is 0.677. The number of carbonyl (C=O) groups excluding carboxylic acids is 1. The lowest BCUT2D eigenvalue weighted by Gasteiger charge is -1.84. The van der Waals surface area contributed by atoms with Crippen LogP contribution in [0.15, 0.2) is 12.7 Å². The summed E-state index contributed by atoms with van der Waals surface area (Å²) in [5.74, 6) is -4.81. The van der Waals surface area contributed by atoms with Gasteiger partial charge in [-0.1, -0.05) is 6.08 Å². The average molecular weight is 132 g/mol. The maximum Gasteiger partial charge on any atom is 0.265 e. The first-order valence-electron chi connectivity index (χ1n) is 2.60. The van der Waals surface area contributed by atoms with Crippen LogP contribution in [-0.4, -0.2) is 12.2 Å². The Morgan fingerprint density at radius 2 is 2.00 bits per heavy atom. The van der Waals surface area contributed by atoms with Crippen molar-refractivity contribution in [1.29, 1.82) is 0 Å². The molecule has 0 aromatic carbocycles. The van der Waals surface area contributed by atoms with Crippen molar-refractivity contribution in [1.82, 2.24) is 0 Å². The summed E-state index contributed by atoms with van der Waals surface area (Å²) >= 11 is 0. The van der Waals surface area contributed by atoms with E-state index in [0.29, 0.717) is 0 Å². The van der Waals surface area contributed by atoms with Crippen molar-refractivity contribution in [2.45, 2.75) is 5.92 Å². The molecular weight excluding hydrogens is 126 g/mol. The lowest BCUT2D eigenvalue weighted by Crippen LogP contribution is -1.93. The first-order valence-corrected chi connectivity index (χ1v) is 2.60. The molecule has 50 valence electrons. The number of carbonyl (C=O) groups is 1. The Labute approximate surface area is 51.4 Å². The van der Waals surface area contributed by atoms with Gasteiger partial charge >= 0.3 is 0 Å².